The van der Waals surface area contributed by atoms with Gasteiger partial charge in [0.1, 0.15) is 17.1 Å². The summed E-state index contributed by atoms with van der Waals surface area (Å²) < 4.78 is 10.4. The van der Waals surface area contributed by atoms with Crippen LogP contribution in [0.3, 0.4) is 0 Å². The molecule has 1 N–H and O–H groups in total. The number of β-lactam (4-membered cyclic amide) rings is 1. The van der Waals surface area contributed by atoms with Gasteiger partial charge in [-0.15, -0.1) is 11.8 Å². The first-order valence-corrected chi connectivity index (χ1v) is 9.38. The van der Waals surface area contributed by atoms with Crippen LogP contribution in [0.4, 0.5) is 0 Å². The van der Waals surface area contributed by atoms with Gasteiger partial charge in [0.2, 0.25) is 0 Å². The molecule has 3 heterocycles. The van der Waals surface area contributed by atoms with Crippen LogP contribution in [0, 0.1) is 0 Å². The molecule has 3 aliphatic heterocycles. The van der Waals surface area contributed by atoms with E-state index in [2.05, 4.69) is 0 Å². The minimum absolute atomic E-state index is 0.0788. The number of carboxylic acids is 1. The molecule has 10 heteroatoms. The van der Waals surface area contributed by atoms with Crippen LogP contribution in [0.25, 0.3) is 0 Å². The normalized spacial score (nSPS) is 23.5. The summed E-state index contributed by atoms with van der Waals surface area (Å²) in [7, 11) is 2.83. The summed E-state index contributed by atoms with van der Waals surface area (Å²) in [4.78, 5) is 52.2. The molecular weight excluding hydrogens is 388 g/mol. The Morgan fingerprint density at radius 3 is 2.07 bits per heavy atom. The van der Waals surface area contributed by atoms with Crippen molar-refractivity contribution in [3.8, 4) is 11.5 Å². The number of methoxy groups -OCH3 is 2. The Kier molecular flexibility index (Phi) is 4.11. The van der Waals surface area contributed by atoms with E-state index in [0.29, 0.717) is 22.8 Å². The smallest absolute Gasteiger partial charge is 0.352 e. The number of hydrogen-bond donors (Lipinski definition) is 1. The zero-order chi connectivity index (χ0) is 20.3. The predicted octanol–water partition coefficient (Wildman–Crippen LogP) is 0.942. The molecule has 28 heavy (non-hydrogen) atoms. The second kappa shape index (κ2) is 6.26. The average molecular weight is 404 g/mol. The molecule has 0 radical (unpaired) electrons. The third kappa shape index (κ3) is 2.27. The van der Waals surface area contributed by atoms with Crippen molar-refractivity contribution in [3.05, 3.63) is 34.5 Å². The average Bonchev–Trinajstić information content (AvgIpc) is 2.91. The van der Waals surface area contributed by atoms with Crippen LogP contribution in [0.1, 0.15) is 27.6 Å². The Morgan fingerprint density at radius 1 is 1.07 bits per heavy atom. The summed E-state index contributed by atoms with van der Waals surface area (Å²) >= 11 is 1.33. The second-order valence-corrected chi connectivity index (χ2v) is 7.63. The van der Waals surface area contributed by atoms with Crippen molar-refractivity contribution in [3.63, 3.8) is 0 Å². The topological polar surface area (TPSA) is 113 Å². The summed E-state index contributed by atoms with van der Waals surface area (Å²) in [5.74, 6) is -2.01. The lowest BCUT2D eigenvalue weighted by Gasteiger charge is -2.51. The quantitative estimate of drug-likeness (QED) is 0.583. The monoisotopic (exact) mass is 404 g/mol. The third-order valence-corrected chi connectivity index (χ3v) is 6.44. The zero-order valence-corrected chi connectivity index (χ0v) is 16.0. The highest BCUT2D eigenvalue weighted by Gasteiger charge is 2.59. The summed E-state index contributed by atoms with van der Waals surface area (Å²) in [6, 6.07) is 1.78. The maximum absolute atomic E-state index is 12.9. The first kappa shape index (κ1) is 18.4. The molecule has 1 unspecified atom stereocenters. The molecule has 0 aliphatic carbocycles. The van der Waals surface area contributed by atoms with E-state index in [0.717, 1.165) is 9.80 Å². The Balaban J connectivity index is 1.70. The van der Waals surface area contributed by atoms with Crippen molar-refractivity contribution < 1.29 is 33.8 Å². The molecule has 3 amide bonds. The number of rotatable bonds is 4. The molecule has 0 aromatic heterocycles. The molecule has 0 spiro atoms. The van der Waals surface area contributed by atoms with Crippen LogP contribution in [-0.4, -0.2) is 70.0 Å². The number of carbonyl (C=O) groups is 4. The number of hydrogen-bond acceptors (Lipinski definition) is 7. The van der Waals surface area contributed by atoms with Gasteiger partial charge in [-0.2, -0.15) is 0 Å². The Hall–Kier alpha value is -3.01. The summed E-state index contributed by atoms with van der Waals surface area (Å²) in [5, 5.41) is 8.81. The highest BCUT2D eigenvalue weighted by atomic mass is 32.2. The second-order valence-electron chi connectivity index (χ2n) is 6.52. The molecule has 1 saturated heterocycles. The van der Waals surface area contributed by atoms with E-state index < -0.39 is 35.1 Å². The van der Waals surface area contributed by atoms with Crippen molar-refractivity contribution >= 4 is 35.5 Å². The van der Waals surface area contributed by atoms with Crippen molar-refractivity contribution in [2.24, 2.45) is 0 Å². The number of ether oxygens (including phenoxy) is 2. The van der Waals surface area contributed by atoms with Gasteiger partial charge < -0.3 is 14.6 Å². The third-order valence-electron chi connectivity index (χ3n) is 5.03. The van der Waals surface area contributed by atoms with Gasteiger partial charge in [0.25, 0.3) is 17.7 Å². The minimum Gasteiger partial charge on any atom is -0.493 e. The van der Waals surface area contributed by atoms with E-state index in [1.807, 2.05) is 0 Å². The molecule has 2 atom stereocenters. The maximum atomic E-state index is 12.9. The Labute approximate surface area is 163 Å². The number of thioether (sulfide) groups is 1. The van der Waals surface area contributed by atoms with E-state index in [1.165, 1.54) is 38.1 Å². The van der Waals surface area contributed by atoms with Gasteiger partial charge in [0, 0.05) is 5.75 Å². The SMILES string of the molecule is COc1cc2c(cc1OC)C(=O)N(C1C(=O)N3C(C(=O)O)=C(C)CS[C@H]13)C2=O. The van der Waals surface area contributed by atoms with Crippen LogP contribution in [0.2, 0.25) is 0 Å². The van der Waals surface area contributed by atoms with Crippen molar-refractivity contribution in [1.29, 1.82) is 0 Å². The van der Waals surface area contributed by atoms with Gasteiger partial charge in [-0.3, -0.25) is 24.2 Å². The lowest BCUT2D eigenvalue weighted by Crippen LogP contribution is -2.71. The van der Waals surface area contributed by atoms with E-state index in [9.17, 15) is 24.3 Å². The number of carbonyl (C=O) groups excluding carboxylic acids is 3. The van der Waals surface area contributed by atoms with E-state index in [-0.39, 0.29) is 16.8 Å². The molecular formula is C18H16N2O7S. The Morgan fingerprint density at radius 2 is 1.61 bits per heavy atom. The summed E-state index contributed by atoms with van der Waals surface area (Å²) in [6.45, 7) is 1.65. The maximum Gasteiger partial charge on any atom is 0.352 e. The van der Waals surface area contributed by atoms with Crippen molar-refractivity contribution in [2.45, 2.75) is 18.3 Å². The molecule has 3 aliphatic rings. The molecule has 0 bridgehead atoms. The number of nitrogens with zero attached hydrogens (tertiary/aromatic N) is 2. The van der Waals surface area contributed by atoms with Crippen LogP contribution < -0.4 is 9.47 Å². The van der Waals surface area contributed by atoms with Crippen LogP contribution in [0.15, 0.2) is 23.4 Å². The fourth-order valence-corrected chi connectivity index (χ4v) is 5.03. The van der Waals surface area contributed by atoms with E-state index in [4.69, 9.17) is 9.47 Å². The molecule has 1 aromatic carbocycles. The van der Waals surface area contributed by atoms with Crippen molar-refractivity contribution in [2.75, 3.05) is 20.0 Å². The number of imide groups is 1. The van der Waals surface area contributed by atoms with Gasteiger partial charge in [-0.25, -0.2) is 4.79 Å². The van der Waals surface area contributed by atoms with Crippen molar-refractivity contribution in [1.82, 2.24) is 9.80 Å². The van der Waals surface area contributed by atoms with Gasteiger partial charge in [0.15, 0.2) is 11.5 Å². The van der Waals surface area contributed by atoms with Gasteiger partial charge >= 0.3 is 5.97 Å². The van der Waals surface area contributed by atoms with Crippen LogP contribution in [-0.2, 0) is 9.59 Å². The van der Waals surface area contributed by atoms with Crippen LogP contribution >= 0.6 is 11.8 Å². The number of carboxylic acid groups (broad SMARTS) is 1. The fourth-order valence-electron chi connectivity index (χ4n) is 3.70. The highest BCUT2D eigenvalue weighted by molar-refractivity contribution is 8.00. The number of benzene rings is 1. The van der Waals surface area contributed by atoms with Gasteiger partial charge in [0.05, 0.1) is 25.3 Å². The summed E-state index contributed by atoms with van der Waals surface area (Å²) in [6.07, 6.45) is 0. The lowest BCUT2D eigenvalue weighted by atomic mass is 10.0. The molecule has 0 saturated carbocycles. The number of fused-ring (bicyclic) bond motifs is 2. The van der Waals surface area contributed by atoms with Gasteiger partial charge in [-0.1, -0.05) is 0 Å². The Bertz CT molecular complexity index is 943. The van der Waals surface area contributed by atoms with Crippen LogP contribution in [0.5, 0.6) is 11.5 Å². The fraction of sp³-hybridized carbons (Fsp3) is 0.333. The molecule has 4 rings (SSSR count). The number of amides is 3. The molecule has 1 fully saturated rings. The van der Waals surface area contributed by atoms with E-state index >= 15 is 0 Å². The van der Waals surface area contributed by atoms with Gasteiger partial charge in [-0.05, 0) is 24.6 Å². The number of aliphatic carboxylic acids is 1. The first-order valence-electron chi connectivity index (χ1n) is 8.33. The molecule has 1 aromatic rings. The zero-order valence-electron chi connectivity index (χ0n) is 15.2. The largest absolute Gasteiger partial charge is 0.493 e. The predicted molar refractivity (Wildman–Crippen MR) is 97.3 cm³/mol. The van der Waals surface area contributed by atoms with E-state index in [1.54, 1.807) is 6.92 Å². The highest BCUT2D eigenvalue weighted by Crippen LogP contribution is 2.45. The first-order chi connectivity index (χ1) is 13.3. The molecule has 9 nitrogen and oxygen atoms in total. The molecule has 146 valence electrons. The standard InChI is InChI=1S/C18H16N2O7S/c1-7-6-28-17-13(16(23)20(17)12(7)18(24)25)19-14(21)8-4-10(26-2)11(27-3)5-9(8)15(19)22/h4-5,13,17H,6H2,1-3H3,(H,24,25)/t13?,17-/m1/s1. The summed E-state index contributed by atoms with van der Waals surface area (Å²) in [5.41, 5.74) is 0.738. The minimum atomic E-state index is -1.20. The lowest BCUT2D eigenvalue weighted by molar-refractivity contribution is -0.151.